The summed E-state index contributed by atoms with van der Waals surface area (Å²) in [6.45, 7) is 9.90. The fourth-order valence-electron chi connectivity index (χ4n) is 5.12. The zero-order valence-corrected chi connectivity index (χ0v) is 20.9. The Kier molecular flexibility index (Phi) is 6.28. The summed E-state index contributed by atoms with van der Waals surface area (Å²) in [6, 6.07) is 6.35. The van der Waals surface area contributed by atoms with Gasteiger partial charge in [-0.1, -0.05) is 19.1 Å². The number of piperazine rings is 1. The summed E-state index contributed by atoms with van der Waals surface area (Å²) in [4.78, 5) is 29.0. The monoisotopic (exact) mass is 493 g/mol. The van der Waals surface area contributed by atoms with Crippen LogP contribution in [-0.4, -0.2) is 78.2 Å². The number of nitrogens with one attached hydrogen (secondary N) is 2. The quantitative estimate of drug-likeness (QED) is 0.561. The minimum Gasteiger partial charge on any atom is -0.378 e. The molecule has 0 saturated carbocycles. The van der Waals surface area contributed by atoms with E-state index in [1.165, 1.54) is 11.1 Å². The van der Waals surface area contributed by atoms with Crippen molar-refractivity contribution in [3.05, 3.63) is 34.7 Å². The number of rotatable bonds is 5. The number of carbonyl (C=O) groups excluding carboxylic acids is 1. The van der Waals surface area contributed by atoms with Gasteiger partial charge in [0.1, 0.15) is 0 Å². The van der Waals surface area contributed by atoms with Gasteiger partial charge in [0, 0.05) is 75.5 Å². The molecular formula is C25H31N7O2S. The third-order valence-corrected chi connectivity index (χ3v) is 8.14. The maximum Gasteiger partial charge on any atom is 0.226 e. The number of thiophene rings is 1. The maximum atomic E-state index is 12.1. The van der Waals surface area contributed by atoms with Crippen molar-refractivity contribution in [1.29, 1.82) is 0 Å². The molecule has 3 aliphatic rings. The number of hydrazine groups is 1. The van der Waals surface area contributed by atoms with Crippen molar-refractivity contribution in [2.24, 2.45) is 0 Å². The Labute approximate surface area is 209 Å². The van der Waals surface area contributed by atoms with Crippen LogP contribution in [0.3, 0.4) is 0 Å². The SMILES string of the molecule is CCC(=O)N1CCN(Cc2csc3c(-c4cccc5c4CNN5)nc(N4CCOCC4)nc23)CC1. The predicted molar refractivity (Wildman–Crippen MR) is 138 cm³/mol. The van der Waals surface area contributed by atoms with Crippen LogP contribution < -0.4 is 15.8 Å². The second-order valence-electron chi connectivity index (χ2n) is 9.23. The van der Waals surface area contributed by atoms with Crippen LogP contribution in [0, 0.1) is 0 Å². The number of nitrogens with zero attached hydrogens (tertiary/aromatic N) is 5. The molecule has 9 nitrogen and oxygen atoms in total. The van der Waals surface area contributed by atoms with Gasteiger partial charge in [0.15, 0.2) is 0 Å². The Bertz CT molecular complexity index is 1230. The number of carbonyl (C=O) groups is 1. The number of anilines is 2. The van der Waals surface area contributed by atoms with E-state index in [1.807, 2.05) is 11.8 Å². The number of benzene rings is 1. The lowest BCUT2D eigenvalue weighted by molar-refractivity contribution is -0.132. The molecule has 0 atom stereocenters. The third kappa shape index (κ3) is 4.35. The van der Waals surface area contributed by atoms with Crippen LogP contribution in [0.2, 0.25) is 0 Å². The summed E-state index contributed by atoms with van der Waals surface area (Å²) >= 11 is 1.73. The summed E-state index contributed by atoms with van der Waals surface area (Å²) in [6.07, 6.45) is 0.577. The van der Waals surface area contributed by atoms with Crippen molar-refractivity contribution in [3.8, 4) is 11.3 Å². The molecule has 35 heavy (non-hydrogen) atoms. The Balaban J connectivity index is 1.36. The highest BCUT2D eigenvalue weighted by molar-refractivity contribution is 7.17. The first-order valence-corrected chi connectivity index (χ1v) is 13.3. The van der Waals surface area contributed by atoms with E-state index in [9.17, 15) is 4.79 Å². The van der Waals surface area contributed by atoms with E-state index in [0.29, 0.717) is 19.6 Å². The molecule has 3 aliphatic heterocycles. The Morgan fingerprint density at radius 3 is 2.74 bits per heavy atom. The molecule has 0 radical (unpaired) electrons. The van der Waals surface area contributed by atoms with Gasteiger partial charge < -0.3 is 20.0 Å². The summed E-state index contributed by atoms with van der Waals surface area (Å²) in [7, 11) is 0. The van der Waals surface area contributed by atoms with Crippen molar-refractivity contribution in [3.63, 3.8) is 0 Å². The average Bonchev–Trinajstić information content (AvgIpc) is 3.56. The molecule has 184 valence electrons. The highest BCUT2D eigenvalue weighted by atomic mass is 32.1. The molecular weight excluding hydrogens is 462 g/mol. The molecule has 1 aromatic carbocycles. The molecule has 0 bridgehead atoms. The Hall–Kier alpha value is -2.79. The van der Waals surface area contributed by atoms with E-state index in [1.54, 1.807) is 11.3 Å². The molecule has 5 heterocycles. The highest BCUT2D eigenvalue weighted by Crippen LogP contribution is 2.39. The minimum absolute atomic E-state index is 0.248. The first-order valence-electron chi connectivity index (χ1n) is 12.4. The number of amides is 1. The molecule has 3 aromatic rings. The fraction of sp³-hybridized carbons (Fsp3) is 0.480. The summed E-state index contributed by atoms with van der Waals surface area (Å²) < 4.78 is 6.72. The molecule has 0 aliphatic carbocycles. The molecule has 2 aromatic heterocycles. The second kappa shape index (κ2) is 9.69. The van der Waals surface area contributed by atoms with Gasteiger partial charge in [0.2, 0.25) is 11.9 Å². The number of fused-ring (bicyclic) bond motifs is 2. The average molecular weight is 494 g/mol. The van der Waals surface area contributed by atoms with Crippen LogP contribution in [0.4, 0.5) is 11.6 Å². The molecule has 0 spiro atoms. The van der Waals surface area contributed by atoms with Gasteiger partial charge in [-0.05, 0) is 11.4 Å². The van der Waals surface area contributed by atoms with Crippen LogP contribution in [0.5, 0.6) is 0 Å². The summed E-state index contributed by atoms with van der Waals surface area (Å²) in [5.41, 5.74) is 13.3. The first-order chi connectivity index (χ1) is 17.2. The zero-order valence-electron chi connectivity index (χ0n) is 20.0. The number of hydrogen-bond donors (Lipinski definition) is 2. The maximum absolute atomic E-state index is 12.1. The Morgan fingerprint density at radius 1 is 1.11 bits per heavy atom. The van der Waals surface area contributed by atoms with E-state index in [2.05, 4.69) is 44.2 Å². The van der Waals surface area contributed by atoms with Crippen LogP contribution in [-0.2, 0) is 22.6 Å². The van der Waals surface area contributed by atoms with Crippen LogP contribution >= 0.6 is 11.3 Å². The molecule has 2 N–H and O–H groups in total. The van der Waals surface area contributed by atoms with Crippen LogP contribution in [0.1, 0.15) is 24.5 Å². The standard InChI is InChI=1S/C25H31N7O2S/c1-2-21(33)31-8-6-30(7-9-31)15-17-16-35-24-22(17)27-25(32-10-12-34-13-11-32)28-23(24)18-4-3-5-20-19(18)14-26-29-20/h3-5,16,26,29H,2,6-15H2,1H3. The topological polar surface area (TPSA) is 85.9 Å². The first kappa shape index (κ1) is 22.7. The molecule has 10 heteroatoms. The lowest BCUT2D eigenvalue weighted by Crippen LogP contribution is -2.48. The van der Waals surface area contributed by atoms with Gasteiger partial charge >= 0.3 is 0 Å². The molecule has 2 saturated heterocycles. The molecule has 6 rings (SSSR count). The second-order valence-corrected chi connectivity index (χ2v) is 10.1. The zero-order chi connectivity index (χ0) is 23.8. The number of aromatic nitrogens is 2. The van der Waals surface area contributed by atoms with E-state index in [0.717, 1.165) is 85.5 Å². The van der Waals surface area contributed by atoms with Gasteiger partial charge in [-0.15, -0.1) is 11.3 Å². The summed E-state index contributed by atoms with van der Waals surface area (Å²) in [5.74, 6) is 1.03. The van der Waals surface area contributed by atoms with E-state index < -0.39 is 0 Å². The molecule has 0 unspecified atom stereocenters. The lowest BCUT2D eigenvalue weighted by atomic mass is 10.0. The van der Waals surface area contributed by atoms with Gasteiger partial charge in [0.25, 0.3) is 0 Å². The lowest BCUT2D eigenvalue weighted by Gasteiger charge is -2.34. The van der Waals surface area contributed by atoms with E-state index in [4.69, 9.17) is 14.7 Å². The van der Waals surface area contributed by atoms with E-state index >= 15 is 0 Å². The Morgan fingerprint density at radius 2 is 1.94 bits per heavy atom. The van der Waals surface area contributed by atoms with E-state index in [-0.39, 0.29) is 5.91 Å². The smallest absolute Gasteiger partial charge is 0.226 e. The minimum atomic E-state index is 0.248. The fourth-order valence-corrected chi connectivity index (χ4v) is 6.12. The van der Waals surface area contributed by atoms with Gasteiger partial charge in [-0.25, -0.2) is 15.4 Å². The van der Waals surface area contributed by atoms with Crippen molar-refractivity contribution in [1.82, 2.24) is 25.2 Å². The predicted octanol–water partition coefficient (Wildman–Crippen LogP) is 2.68. The van der Waals surface area contributed by atoms with Gasteiger partial charge in [-0.3, -0.25) is 9.69 Å². The van der Waals surface area contributed by atoms with Crippen LogP contribution in [0.25, 0.3) is 21.5 Å². The highest BCUT2D eigenvalue weighted by Gasteiger charge is 2.25. The number of ether oxygens (including phenoxy) is 1. The van der Waals surface area contributed by atoms with Crippen molar-refractivity contribution < 1.29 is 9.53 Å². The van der Waals surface area contributed by atoms with Gasteiger partial charge in [0.05, 0.1) is 34.8 Å². The van der Waals surface area contributed by atoms with Crippen molar-refractivity contribution in [2.75, 3.05) is 62.8 Å². The normalized spacial score (nSPS) is 18.7. The number of morpholine rings is 1. The third-order valence-electron chi connectivity index (χ3n) is 7.11. The summed E-state index contributed by atoms with van der Waals surface area (Å²) in [5, 5.41) is 2.25. The van der Waals surface area contributed by atoms with Gasteiger partial charge in [-0.2, -0.15) is 0 Å². The largest absolute Gasteiger partial charge is 0.378 e. The molecule has 2 fully saturated rings. The molecule has 1 amide bonds. The van der Waals surface area contributed by atoms with Crippen molar-refractivity contribution in [2.45, 2.75) is 26.4 Å². The van der Waals surface area contributed by atoms with Crippen LogP contribution in [0.15, 0.2) is 23.6 Å². The number of hydrogen-bond acceptors (Lipinski definition) is 9. The van der Waals surface area contributed by atoms with Crippen molar-refractivity contribution >= 4 is 39.1 Å².